The van der Waals surface area contributed by atoms with Gasteiger partial charge in [0.1, 0.15) is 5.52 Å². The Labute approximate surface area is 249 Å². The van der Waals surface area contributed by atoms with Gasteiger partial charge in [-0.05, 0) is 41.1 Å². The van der Waals surface area contributed by atoms with E-state index in [0.29, 0.717) is 5.95 Å². The molecule has 43 heavy (non-hydrogen) atoms. The van der Waals surface area contributed by atoms with Crippen molar-refractivity contribution < 1.29 is 0 Å². The Kier molecular flexibility index (Phi) is 4.57. The zero-order valence-electron chi connectivity index (χ0n) is 22.9. The normalized spacial score (nSPS) is 12.2. The van der Waals surface area contributed by atoms with Crippen molar-refractivity contribution in [2.45, 2.75) is 0 Å². The lowest BCUT2D eigenvalue weighted by atomic mass is 9.99. The molecule has 0 saturated carbocycles. The second-order valence-corrected chi connectivity index (χ2v) is 12.1. The lowest BCUT2D eigenvalue weighted by Gasteiger charge is -2.10. The minimum atomic E-state index is 0.684. The second kappa shape index (κ2) is 8.51. The predicted octanol–water partition coefficient (Wildman–Crippen LogP) is 10.2. The number of hydrogen-bond acceptors (Lipinski definition) is 3. The standard InChI is InChI=1S/C38H22N4S/c1-2-12-23(13-3-1)41-30-20-10-7-17-27(30)35-31(41)22-39-38(40-35)42-29-19-9-6-16-26(29)33-24-14-4-5-15-25(24)34-28-18-8-11-21-32(28)43-37(34)36(33)42/h1-22H. The average Bonchev–Trinajstić information content (AvgIpc) is 3.73. The number of hydrogen-bond donors (Lipinski definition) is 0. The molecule has 4 nitrogen and oxygen atoms in total. The van der Waals surface area contributed by atoms with E-state index in [2.05, 4.69) is 130 Å². The molecule has 10 aromatic rings. The Balaban J connectivity index is 1.40. The third-order valence-corrected chi connectivity index (χ3v) is 9.94. The van der Waals surface area contributed by atoms with Crippen molar-refractivity contribution >= 4 is 86.0 Å². The number of benzene rings is 6. The summed E-state index contributed by atoms with van der Waals surface area (Å²) >= 11 is 1.86. The van der Waals surface area contributed by atoms with E-state index in [1.165, 1.54) is 47.2 Å². The van der Waals surface area contributed by atoms with Crippen LogP contribution >= 0.6 is 11.3 Å². The maximum Gasteiger partial charge on any atom is 0.235 e. The number of nitrogens with zero attached hydrogens (tertiary/aromatic N) is 4. The van der Waals surface area contributed by atoms with Crippen LogP contribution in [0.5, 0.6) is 0 Å². The number of aromatic nitrogens is 4. The molecule has 0 atom stereocenters. The van der Waals surface area contributed by atoms with Gasteiger partial charge in [-0.25, -0.2) is 9.97 Å². The van der Waals surface area contributed by atoms with Gasteiger partial charge in [0.25, 0.3) is 0 Å². The third kappa shape index (κ3) is 3.04. The molecule has 0 fully saturated rings. The summed E-state index contributed by atoms with van der Waals surface area (Å²) in [7, 11) is 0. The molecule has 0 aliphatic rings. The van der Waals surface area contributed by atoms with Gasteiger partial charge in [0.15, 0.2) is 0 Å². The van der Waals surface area contributed by atoms with Crippen LogP contribution in [0.4, 0.5) is 0 Å². The highest BCUT2D eigenvalue weighted by molar-refractivity contribution is 7.27. The minimum Gasteiger partial charge on any atom is -0.306 e. The fourth-order valence-corrected chi connectivity index (χ4v) is 8.28. The summed E-state index contributed by atoms with van der Waals surface area (Å²) in [6.45, 7) is 0. The number of rotatable bonds is 2. The summed E-state index contributed by atoms with van der Waals surface area (Å²) in [6, 6.07) is 45.2. The highest BCUT2D eigenvalue weighted by Crippen LogP contribution is 2.47. The van der Waals surface area contributed by atoms with Gasteiger partial charge in [-0.1, -0.05) is 97.1 Å². The molecule has 6 aromatic carbocycles. The molecule has 0 saturated heterocycles. The van der Waals surface area contributed by atoms with E-state index < -0.39 is 0 Å². The molecule has 0 aliphatic carbocycles. The minimum absolute atomic E-state index is 0.684. The number of thiophene rings is 1. The summed E-state index contributed by atoms with van der Waals surface area (Å²) in [5, 5.41) is 8.71. The summed E-state index contributed by atoms with van der Waals surface area (Å²) in [5.74, 6) is 0.684. The van der Waals surface area contributed by atoms with Gasteiger partial charge in [0.2, 0.25) is 5.95 Å². The van der Waals surface area contributed by atoms with Crippen molar-refractivity contribution in [1.29, 1.82) is 0 Å². The summed E-state index contributed by atoms with van der Waals surface area (Å²) < 4.78 is 7.11. The maximum absolute atomic E-state index is 5.37. The zero-order chi connectivity index (χ0) is 28.1. The topological polar surface area (TPSA) is 35.6 Å². The van der Waals surface area contributed by atoms with Crippen LogP contribution in [0.3, 0.4) is 0 Å². The summed E-state index contributed by atoms with van der Waals surface area (Å²) in [5.41, 5.74) is 6.44. The molecule has 200 valence electrons. The van der Waals surface area contributed by atoms with Crippen molar-refractivity contribution in [2.75, 3.05) is 0 Å². The second-order valence-electron chi connectivity index (χ2n) is 11.0. The first kappa shape index (κ1) is 23.1. The molecule has 0 amide bonds. The molecule has 0 spiro atoms. The van der Waals surface area contributed by atoms with E-state index in [1.54, 1.807) is 0 Å². The SMILES string of the molecule is c1ccc(-n2c3ccccc3c3nc(-n4c5ccccc5c5c6ccccc6c6c7ccccc7sc6c54)ncc32)cc1. The highest BCUT2D eigenvalue weighted by Gasteiger charge is 2.23. The van der Waals surface area contributed by atoms with Crippen LogP contribution in [0.25, 0.3) is 86.3 Å². The molecule has 0 N–H and O–H groups in total. The van der Waals surface area contributed by atoms with Gasteiger partial charge in [-0.3, -0.25) is 4.57 Å². The van der Waals surface area contributed by atoms with E-state index in [9.17, 15) is 0 Å². The van der Waals surface area contributed by atoms with Gasteiger partial charge < -0.3 is 4.57 Å². The average molecular weight is 567 g/mol. The quantitative estimate of drug-likeness (QED) is 0.209. The van der Waals surface area contributed by atoms with Gasteiger partial charge in [-0.2, -0.15) is 0 Å². The lowest BCUT2D eigenvalue weighted by molar-refractivity contribution is 1.01. The Hall–Kier alpha value is -5.52. The van der Waals surface area contributed by atoms with E-state index in [1.807, 2.05) is 23.6 Å². The summed E-state index contributed by atoms with van der Waals surface area (Å²) in [4.78, 5) is 10.5. The Morgan fingerprint density at radius 3 is 1.88 bits per heavy atom. The number of para-hydroxylation sites is 3. The predicted molar refractivity (Wildman–Crippen MR) is 181 cm³/mol. The number of fused-ring (bicyclic) bond motifs is 13. The molecule has 0 aliphatic heterocycles. The Bertz CT molecular complexity index is 2730. The fourth-order valence-electron chi connectivity index (χ4n) is 7.02. The van der Waals surface area contributed by atoms with E-state index in [0.717, 1.165) is 33.1 Å². The van der Waals surface area contributed by atoms with Gasteiger partial charge >= 0.3 is 0 Å². The molecule has 4 heterocycles. The first-order valence-electron chi connectivity index (χ1n) is 14.4. The van der Waals surface area contributed by atoms with Crippen molar-refractivity contribution in [3.63, 3.8) is 0 Å². The third-order valence-electron chi connectivity index (χ3n) is 8.76. The molecular weight excluding hydrogens is 545 g/mol. The maximum atomic E-state index is 5.37. The monoisotopic (exact) mass is 566 g/mol. The zero-order valence-corrected chi connectivity index (χ0v) is 23.7. The molecular formula is C38H22N4S. The smallest absolute Gasteiger partial charge is 0.235 e. The van der Waals surface area contributed by atoms with Crippen molar-refractivity contribution in [1.82, 2.24) is 19.1 Å². The fraction of sp³-hybridized carbons (Fsp3) is 0. The van der Waals surface area contributed by atoms with Gasteiger partial charge in [0.05, 0.1) is 33.0 Å². The van der Waals surface area contributed by atoms with Crippen LogP contribution in [0.2, 0.25) is 0 Å². The molecule has 5 heteroatoms. The largest absolute Gasteiger partial charge is 0.306 e. The van der Waals surface area contributed by atoms with Crippen molar-refractivity contribution in [3.05, 3.63) is 134 Å². The first-order chi connectivity index (χ1) is 21.4. The van der Waals surface area contributed by atoms with E-state index in [4.69, 9.17) is 9.97 Å². The van der Waals surface area contributed by atoms with E-state index >= 15 is 0 Å². The van der Waals surface area contributed by atoms with Crippen LogP contribution in [0.15, 0.2) is 134 Å². The lowest BCUT2D eigenvalue weighted by Crippen LogP contribution is -2.02. The van der Waals surface area contributed by atoms with E-state index in [-0.39, 0.29) is 0 Å². The molecule has 4 aromatic heterocycles. The van der Waals surface area contributed by atoms with Crippen molar-refractivity contribution in [2.24, 2.45) is 0 Å². The van der Waals surface area contributed by atoms with Crippen LogP contribution in [0, 0.1) is 0 Å². The Morgan fingerprint density at radius 2 is 1.09 bits per heavy atom. The highest BCUT2D eigenvalue weighted by atomic mass is 32.1. The first-order valence-corrected chi connectivity index (χ1v) is 15.3. The van der Waals surface area contributed by atoms with Gasteiger partial charge in [0, 0.05) is 37.3 Å². The van der Waals surface area contributed by atoms with Crippen LogP contribution < -0.4 is 0 Å². The molecule has 0 bridgehead atoms. The van der Waals surface area contributed by atoms with Gasteiger partial charge in [-0.15, -0.1) is 11.3 Å². The van der Waals surface area contributed by atoms with Crippen LogP contribution in [0.1, 0.15) is 0 Å². The molecule has 0 radical (unpaired) electrons. The summed E-state index contributed by atoms with van der Waals surface area (Å²) in [6.07, 6.45) is 1.99. The van der Waals surface area contributed by atoms with Crippen LogP contribution in [-0.2, 0) is 0 Å². The molecule has 0 unspecified atom stereocenters. The Morgan fingerprint density at radius 1 is 0.488 bits per heavy atom. The van der Waals surface area contributed by atoms with Crippen molar-refractivity contribution in [3.8, 4) is 11.6 Å². The molecule has 10 rings (SSSR count). The van der Waals surface area contributed by atoms with Crippen LogP contribution in [-0.4, -0.2) is 19.1 Å².